The van der Waals surface area contributed by atoms with Gasteiger partial charge < -0.3 is 0 Å². The molecule has 1 aromatic heterocycles. The van der Waals surface area contributed by atoms with Crippen LogP contribution in [0.15, 0.2) is 31.5 Å². The Hall–Kier alpha value is -1.88. The van der Waals surface area contributed by atoms with Crippen molar-refractivity contribution in [1.29, 1.82) is 5.26 Å². The van der Waals surface area contributed by atoms with Crippen LogP contribution in [0.25, 0.3) is 11.6 Å². The SMILES string of the molecule is C=Cc1cccnc1C(=C)C#N. The van der Waals surface area contributed by atoms with Crippen molar-refractivity contribution in [3.8, 4) is 6.07 Å². The lowest BCUT2D eigenvalue weighted by molar-refractivity contribution is 1.27. The van der Waals surface area contributed by atoms with Gasteiger partial charge in [0.15, 0.2) is 0 Å². The van der Waals surface area contributed by atoms with E-state index in [9.17, 15) is 0 Å². The molecular formula is C10H8N2. The first-order valence-electron chi connectivity index (χ1n) is 3.46. The Kier molecular flexibility index (Phi) is 2.39. The van der Waals surface area contributed by atoms with Crippen LogP contribution in [0.2, 0.25) is 0 Å². The normalized spacial score (nSPS) is 8.58. The van der Waals surface area contributed by atoms with E-state index < -0.39 is 0 Å². The van der Waals surface area contributed by atoms with Crippen LogP contribution in [-0.4, -0.2) is 4.98 Å². The van der Waals surface area contributed by atoms with Gasteiger partial charge in [-0.1, -0.05) is 25.3 Å². The summed E-state index contributed by atoms with van der Waals surface area (Å²) in [5.74, 6) is 0. The van der Waals surface area contributed by atoms with E-state index in [1.54, 1.807) is 18.3 Å². The Morgan fingerprint density at radius 3 is 3.00 bits per heavy atom. The molecule has 0 unspecified atom stereocenters. The maximum absolute atomic E-state index is 8.58. The van der Waals surface area contributed by atoms with E-state index in [-0.39, 0.29) is 0 Å². The van der Waals surface area contributed by atoms with Gasteiger partial charge >= 0.3 is 0 Å². The molecule has 0 aliphatic heterocycles. The van der Waals surface area contributed by atoms with Gasteiger partial charge in [0.1, 0.15) is 6.07 Å². The van der Waals surface area contributed by atoms with Gasteiger partial charge in [0.05, 0.1) is 11.3 Å². The highest BCUT2D eigenvalue weighted by Gasteiger charge is 2.02. The average Bonchev–Trinajstić information content (AvgIpc) is 2.16. The molecule has 12 heavy (non-hydrogen) atoms. The third kappa shape index (κ3) is 1.40. The molecule has 0 amide bonds. The van der Waals surface area contributed by atoms with E-state index in [0.29, 0.717) is 11.3 Å². The minimum atomic E-state index is 0.366. The van der Waals surface area contributed by atoms with Gasteiger partial charge in [0.2, 0.25) is 0 Å². The molecular weight excluding hydrogens is 148 g/mol. The van der Waals surface area contributed by atoms with Gasteiger partial charge in [0.25, 0.3) is 0 Å². The third-order valence-corrected chi connectivity index (χ3v) is 1.48. The fraction of sp³-hybridized carbons (Fsp3) is 0. The van der Waals surface area contributed by atoms with Crippen LogP contribution >= 0.6 is 0 Å². The molecule has 2 heteroatoms. The lowest BCUT2D eigenvalue weighted by Gasteiger charge is -1.99. The highest BCUT2D eigenvalue weighted by atomic mass is 14.7. The van der Waals surface area contributed by atoms with Crippen LogP contribution < -0.4 is 0 Å². The molecule has 0 fully saturated rings. The lowest BCUT2D eigenvalue weighted by Crippen LogP contribution is -1.89. The van der Waals surface area contributed by atoms with E-state index in [1.165, 1.54) is 0 Å². The van der Waals surface area contributed by atoms with Crippen molar-refractivity contribution < 1.29 is 0 Å². The van der Waals surface area contributed by atoms with Crippen molar-refractivity contribution >= 4 is 11.6 Å². The van der Waals surface area contributed by atoms with E-state index >= 15 is 0 Å². The molecule has 0 aliphatic carbocycles. The predicted molar refractivity (Wildman–Crippen MR) is 49.0 cm³/mol. The number of hydrogen-bond acceptors (Lipinski definition) is 2. The maximum atomic E-state index is 8.58. The largest absolute Gasteiger partial charge is 0.255 e. The van der Waals surface area contributed by atoms with Gasteiger partial charge in [-0.2, -0.15) is 5.26 Å². The van der Waals surface area contributed by atoms with Crippen LogP contribution in [0.3, 0.4) is 0 Å². The summed E-state index contributed by atoms with van der Waals surface area (Å²) < 4.78 is 0. The first kappa shape index (κ1) is 8.22. The fourth-order valence-electron chi connectivity index (χ4n) is 0.888. The van der Waals surface area contributed by atoms with Crippen LogP contribution in [0.5, 0.6) is 0 Å². The topological polar surface area (TPSA) is 36.7 Å². The van der Waals surface area contributed by atoms with Gasteiger partial charge in [-0.25, -0.2) is 0 Å². The number of aromatic nitrogens is 1. The van der Waals surface area contributed by atoms with Crippen LogP contribution in [0.4, 0.5) is 0 Å². The van der Waals surface area contributed by atoms with E-state index in [4.69, 9.17) is 5.26 Å². The Bertz CT molecular complexity index is 358. The zero-order valence-corrected chi connectivity index (χ0v) is 6.62. The first-order chi connectivity index (χ1) is 5.79. The van der Waals surface area contributed by atoms with Gasteiger partial charge in [-0.05, 0) is 6.07 Å². The predicted octanol–water partition coefficient (Wildman–Crippen LogP) is 2.26. The number of nitrogens with zero attached hydrogens (tertiary/aromatic N) is 2. The molecule has 1 heterocycles. The summed E-state index contributed by atoms with van der Waals surface area (Å²) in [5.41, 5.74) is 1.81. The zero-order chi connectivity index (χ0) is 8.97. The molecule has 2 nitrogen and oxygen atoms in total. The molecule has 0 saturated heterocycles. The zero-order valence-electron chi connectivity index (χ0n) is 6.62. The van der Waals surface area contributed by atoms with Crippen molar-refractivity contribution in [2.75, 3.05) is 0 Å². The molecule has 0 atom stereocenters. The number of nitriles is 1. The van der Waals surface area contributed by atoms with E-state index in [0.717, 1.165) is 5.56 Å². The van der Waals surface area contributed by atoms with Crippen molar-refractivity contribution in [1.82, 2.24) is 4.98 Å². The second-order valence-electron chi connectivity index (χ2n) is 2.24. The van der Waals surface area contributed by atoms with Crippen molar-refractivity contribution in [3.63, 3.8) is 0 Å². The minimum absolute atomic E-state index is 0.366. The summed E-state index contributed by atoms with van der Waals surface area (Å²) in [6.07, 6.45) is 3.29. The quantitative estimate of drug-likeness (QED) is 0.616. The second-order valence-corrected chi connectivity index (χ2v) is 2.24. The summed E-state index contributed by atoms with van der Waals surface area (Å²) in [5, 5.41) is 8.58. The Morgan fingerprint density at radius 1 is 1.67 bits per heavy atom. The summed E-state index contributed by atoms with van der Waals surface area (Å²) in [7, 11) is 0. The Labute approximate surface area is 71.5 Å². The van der Waals surface area contributed by atoms with Crippen LogP contribution in [-0.2, 0) is 0 Å². The molecule has 0 radical (unpaired) electrons. The second kappa shape index (κ2) is 3.49. The van der Waals surface area contributed by atoms with Crippen molar-refractivity contribution in [3.05, 3.63) is 42.7 Å². The third-order valence-electron chi connectivity index (χ3n) is 1.48. The van der Waals surface area contributed by atoms with Crippen LogP contribution in [0, 0.1) is 11.3 Å². The Balaban J connectivity index is 3.24. The number of allylic oxidation sites excluding steroid dienone is 1. The van der Waals surface area contributed by atoms with Gasteiger partial charge in [0, 0.05) is 11.8 Å². The van der Waals surface area contributed by atoms with Crippen LogP contribution in [0.1, 0.15) is 11.3 Å². The van der Waals surface area contributed by atoms with Crippen molar-refractivity contribution in [2.45, 2.75) is 0 Å². The van der Waals surface area contributed by atoms with Crippen molar-refractivity contribution in [2.24, 2.45) is 0 Å². The maximum Gasteiger partial charge on any atom is 0.101 e. The molecule has 0 aromatic carbocycles. The molecule has 0 aliphatic rings. The molecule has 1 aromatic rings. The summed E-state index contributed by atoms with van der Waals surface area (Å²) in [6.45, 7) is 7.20. The molecule has 0 N–H and O–H groups in total. The number of hydrogen-bond donors (Lipinski definition) is 0. The molecule has 0 spiro atoms. The molecule has 1 rings (SSSR count). The molecule has 0 bridgehead atoms. The highest BCUT2D eigenvalue weighted by molar-refractivity contribution is 5.77. The van der Waals surface area contributed by atoms with E-state index in [1.807, 2.05) is 12.1 Å². The summed E-state index contributed by atoms with van der Waals surface area (Å²) >= 11 is 0. The lowest BCUT2D eigenvalue weighted by atomic mass is 10.1. The highest BCUT2D eigenvalue weighted by Crippen LogP contribution is 2.14. The van der Waals surface area contributed by atoms with Gasteiger partial charge in [-0.3, -0.25) is 4.98 Å². The summed E-state index contributed by atoms with van der Waals surface area (Å²) in [6, 6.07) is 5.59. The number of rotatable bonds is 2. The molecule has 58 valence electrons. The summed E-state index contributed by atoms with van der Waals surface area (Å²) in [4.78, 5) is 4.03. The average molecular weight is 156 g/mol. The number of pyridine rings is 1. The Morgan fingerprint density at radius 2 is 2.42 bits per heavy atom. The molecule has 0 saturated carbocycles. The standard InChI is InChI=1S/C10H8N2/c1-3-9-5-4-6-12-10(9)8(2)7-11/h3-6H,1-2H2. The van der Waals surface area contributed by atoms with E-state index in [2.05, 4.69) is 18.1 Å². The minimum Gasteiger partial charge on any atom is -0.255 e. The fourth-order valence-corrected chi connectivity index (χ4v) is 0.888. The monoisotopic (exact) mass is 156 g/mol. The first-order valence-corrected chi connectivity index (χ1v) is 3.46. The smallest absolute Gasteiger partial charge is 0.101 e. The van der Waals surface area contributed by atoms with Gasteiger partial charge in [-0.15, -0.1) is 0 Å².